The van der Waals surface area contributed by atoms with Crippen molar-refractivity contribution in [3.8, 4) is 0 Å². The molecule has 2 aromatic rings. The molecule has 3 nitrogen and oxygen atoms in total. The Morgan fingerprint density at radius 3 is 2.94 bits per heavy atom. The third-order valence-electron chi connectivity index (χ3n) is 2.51. The fourth-order valence-electron chi connectivity index (χ4n) is 1.53. The minimum Gasteiger partial charge on any atom is -0.369 e. The SMILES string of the molecule is Cc1ccnc(NCCc2cccnc2)c1Br. The fraction of sp³-hybridized carbons (Fsp3) is 0.231. The normalized spacial score (nSPS) is 10.2. The van der Waals surface area contributed by atoms with E-state index in [0.29, 0.717) is 0 Å². The van der Waals surface area contributed by atoms with E-state index in [-0.39, 0.29) is 0 Å². The second-order valence-corrected chi connectivity index (χ2v) is 4.62. The summed E-state index contributed by atoms with van der Waals surface area (Å²) in [5.41, 5.74) is 2.41. The maximum atomic E-state index is 4.30. The van der Waals surface area contributed by atoms with Gasteiger partial charge < -0.3 is 5.32 Å². The van der Waals surface area contributed by atoms with Crippen LogP contribution >= 0.6 is 15.9 Å². The van der Waals surface area contributed by atoms with Crippen molar-refractivity contribution in [2.24, 2.45) is 0 Å². The number of anilines is 1. The molecule has 0 unspecified atom stereocenters. The molecule has 0 bridgehead atoms. The summed E-state index contributed by atoms with van der Waals surface area (Å²) in [6, 6.07) is 6.01. The summed E-state index contributed by atoms with van der Waals surface area (Å²) in [6.07, 6.45) is 6.43. The van der Waals surface area contributed by atoms with E-state index in [9.17, 15) is 0 Å². The number of aromatic nitrogens is 2. The Hall–Kier alpha value is -1.42. The number of hydrogen-bond acceptors (Lipinski definition) is 3. The average Bonchev–Trinajstić information content (AvgIpc) is 2.36. The van der Waals surface area contributed by atoms with Crippen LogP contribution in [-0.2, 0) is 6.42 Å². The smallest absolute Gasteiger partial charge is 0.140 e. The number of aryl methyl sites for hydroxylation is 1. The number of pyridine rings is 2. The van der Waals surface area contributed by atoms with Crippen molar-refractivity contribution < 1.29 is 0 Å². The lowest BCUT2D eigenvalue weighted by Gasteiger charge is -2.08. The molecule has 17 heavy (non-hydrogen) atoms. The lowest BCUT2D eigenvalue weighted by atomic mass is 10.2. The Bertz CT molecular complexity index is 485. The summed E-state index contributed by atoms with van der Waals surface area (Å²) in [4.78, 5) is 8.39. The van der Waals surface area contributed by atoms with Gasteiger partial charge in [-0.05, 0) is 52.5 Å². The molecule has 0 amide bonds. The van der Waals surface area contributed by atoms with Crippen molar-refractivity contribution in [3.63, 3.8) is 0 Å². The highest BCUT2D eigenvalue weighted by molar-refractivity contribution is 9.10. The standard InChI is InChI=1S/C13H14BrN3/c1-10-4-7-16-13(12(10)14)17-8-5-11-3-2-6-15-9-11/h2-4,6-7,9H,5,8H2,1H3,(H,16,17). The van der Waals surface area contributed by atoms with Crippen LogP contribution in [0.3, 0.4) is 0 Å². The minimum absolute atomic E-state index is 0.848. The zero-order chi connectivity index (χ0) is 12.1. The van der Waals surface area contributed by atoms with E-state index in [1.165, 1.54) is 11.1 Å². The predicted molar refractivity (Wildman–Crippen MR) is 73.1 cm³/mol. The Kier molecular flexibility index (Phi) is 4.09. The molecule has 1 N–H and O–H groups in total. The highest BCUT2D eigenvalue weighted by atomic mass is 79.9. The van der Waals surface area contributed by atoms with Crippen molar-refractivity contribution in [1.82, 2.24) is 9.97 Å². The molecule has 2 heterocycles. The van der Waals surface area contributed by atoms with Gasteiger partial charge in [-0.3, -0.25) is 4.98 Å². The maximum absolute atomic E-state index is 4.30. The molecule has 2 rings (SSSR count). The topological polar surface area (TPSA) is 37.8 Å². The molecule has 0 aliphatic carbocycles. The predicted octanol–water partition coefficient (Wildman–Crippen LogP) is 3.20. The van der Waals surface area contributed by atoms with Gasteiger partial charge in [-0.15, -0.1) is 0 Å². The monoisotopic (exact) mass is 291 g/mol. The first-order chi connectivity index (χ1) is 8.27. The van der Waals surface area contributed by atoms with Crippen molar-refractivity contribution in [2.75, 3.05) is 11.9 Å². The van der Waals surface area contributed by atoms with Gasteiger partial charge in [0.25, 0.3) is 0 Å². The van der Waals surface area contributed by atoms with E-state index in [1.807, 2.05) is 24.5 Å². The van der Waals surface area contributed by atoms with Crippen LogP contribution in [0, 0.1) is 6.92 Å². The molecule has 0 aliphatic heterocycles. The van der Waals surface area contributed by atoms with Gasteiger partial charge in [-0.25, -0.2) is 4.98 Å². The summed E-state index contributed by atoms with van der Waals surface area (Å²) >= 11 is 3.53. The molecular weight excluding hydrogens is 278 g/mol. The first kappa shape index (κ1) is 12.0. The molecule has 0 atom stereocenters. The zero-order valence-corrected chi connectivity index (χ0v) is 11.2. The zero-order valence-electron chi connectivity index (χ0n) is 9.65. The quantitative estimate of drug-likeness (QED) is 0.940. The fourth-order valence-corrected chi connectivity index (χ4v) is 1.91. The molecule has 2 aromatic heterocycles. The van der Waals surface area contributed by atoms with Crippen LogP contribution in [0.15, 0.2) is 41.3 Å². The Balaban J connectivity index is 1.93. The summed E-state index contributed by atoms with van der Waals surface area (Å²) < 4.78 is 1.03. The number of nitrogens with one attached hydrogen (secondary N) is 1. The highest BCUT2D eigenvalue weighted by Gasteiger charge is 2.02. The van der Waals surface area contributed by atoms with Crippen LogP contribution in [0.5, 0.6) is 0 Å². The number of halogens is 1. The molecule has 0 aliphatic rings. The number of rotatable bonds is 4. The highest BCUT2D eigenvalue weighted by Crippen LogP contribution is 2.22. The third kappa shape index (κ3) is 3.27. The van der Waals surface area contributed by atoms with Gasteiger partial charge in [0.05, 0.1) is 4.47 Å². The van der Waals surface area contributed by atoms with Gasteiger partial charge in [0.2, 0.25) is 0 Å². The van der Waals surface area contributed by atoms with Gasteiger partial charge in [0.1, 0.15) is 5.82 Å². The molecule has 0 spiro atoms. The van der Waals surface area contributed by atoms with Crippen LogP contribution in [0.1, 0.15) is 11.1 Å². The Labute approximate surface area is 109 Å². The molecule has 0 radical (unpaired) electrons. The summed E-state index contributed by atoms with van der Waals surface area (Å²) in [7, 11) is 0. The minimum atomic E-state index is 0.848. The van der Waals surface area contributed by atoms with Gasteiger partial charge in [0, 0.05) is 25.1 Å². The van der Waals surface area contributed by atoms with Crippen LogP contribution in [0.4, 0.5) is 5.82 Å². The van der Waals surface area contributed by atoms with E-state index >= 15 is 0 Å². The Morgan fingerprint density at radius 1 is 1.29 bits per heavy atom. The van der Waals surface area contributed by atoms with Crippen LogP contribution in [0.2, 0.25) is 0 Å². The molecule has 0 aromatic carbocycles. The summed E-state index contributed by atoms with van der Waals surface area (Å²) in [5, 5.41) is 3.32. The lowest BCUT2D eigenvalue weighted by molar-refractivity contribution is 0.990. The van der Waals surface area contributed by atoms with Crippen molar-refractivity contribution in [3.05, 3.63) is 52.4 Å². The van der Waals surface area contributed by atoms with E-state index in [2.05, 4.69) is 44.2 Å². The summed E-state index contributed by atoms with van der Waals surface area (Å²) in [5.74, 6) is 0.897. The van der Waals surface area contributed by atoms with E-state index < -0.39 is 0 Å². The first-order valence-corrected chi connectivity index (χ1v) is 6.30. The van der Waals surface area contributed by atoms with Gasteiger partial charge in [-0.2, -0.15) is 0 Å². The second-order valence-electron chi connectivity index (χ2n) is 3.83. The van der Waals surface area contributed by atoms with Crippen LogP contribution in [-0.4, -0.2) is 16.5 Å². The first-order valence-electron chi connectivity index (χ1n) is 5.51. The molecule has 0 saturated heterocycles. The molecule has 88 valence electrons. The van der Waals surface area contributed by atoms with E-state index in [0.717, 1.165) is 23.3 Å². The average molecular weight is 292 g/mol. The van der Waals surface area contributed by atoms with Crippen molar-refractivity contribution in [2.45, 2.75) is 13.3 Å². The number of hydrogen-bond donors (Lipinski definition) is 1. The van der Waals surface area contributed by atoms with Gasteiger partial charge >= 0.3 is 0 Å². The lowest BCUT2D eigenvalue weighted by Crippen LogP contribution is -2.07. The van der Waals surface area contributed by atoms with Crippen LogP contribution < -0.4 is 5.32 Å². The summed E-state index contributed by atoms with van der Waals surface area (Å²) in [6.45, 7) is 2.90. The Morgan fingerprint density at radius 2 is 2.18 bits per heavy atom. The largest absolute Gasteiger partial charge is 0.369 e. The third-order valence-corrected chi connectivity index (χ3v) is 3.51. The van der Waals surface area contributed by atoms with Gasteiger partial charge in [-0.1, -0.05) is 6.07 Å². The molecular formula is C13H14BrN3. The van der Waals surface area contributed by atoms with Gasteiger partial charge in [0.15, 0.2) is 0 Å². The van der Waals surface area contributed by atoms with Crippen molar-refractivity contribution in [1.29, 1.82) is 0 Å². The van der Waals surface area contributed by atoms with E-state index in [4.69, 9.17) is 0 Å². The molecule has 4 heteroatoms. The molecule has 0 saturated carbocycles. The number of nitrogens with zero attached hydrogens (tertiary/aromatic N) is 2. The second kappa shape index (κ2) is 5.77. The van der Waals surface area contributed by atoms with E-state index in [1.54, 1.807) is 6.20 Å². The van der Waals surface area contributed by atoms with Crippen LogP contribution in [0.25, 0.3) is 0 Å². The maximum Gasteiger partial charge on any atom is 0.140 e. The molecule has 0 fully saturated rings. The van der Waals surface area contributed by atoms with Crippen molar-refractivity contribution >= 4 is 21.7 Å².